The highest BCUT2D eigenvalue weighted by molar-refractivity contribution is 5.89. The van der Waals surface area contributed by atoms with Crippen molar-refractivity contribution in [1.29, 1.82) is 0 Å². The third kappa shape index (κ3) is 4.87. The van der Waals surface area contributed by atoms with E-state index in [-0.39, 0.29) is 12.2 Å². The Hall–Kier alpha value is -3.29. The Balaban J connectivity index is 1.77. The molecule has 1 N–H and O–H groups in total. The van der Waals surface area contributed by atoms with Gasteiger partial charge in [-0.15, -0.1) is 0 Å². The normalized spacial score (nSPS) is 9.88. The maximum atomic E-state index is 11.7. The Bertz CT molecular complexity index is 716. The number of esters is 2. The number of aromatic nitrogens is 2. The number of hydrogen-bond donors (Lipinski definition) is 1. The van der Waals surface area contributed by atoms with Gasteiger partial charge >= 0.3 is 11.9 Å². The molecule has 0 aliphatic rings. The van der Waals surface area contributed by atoms with Gasteiger partial charge < -0.3 is 14.8 Å². The third-order valence-corrected chi connectivity index (χ3v) is 2.97. The van der Waals surface area contributed by atoms with Gasteiger partial charge in [-0.25, -0.2) is 14.6 Å². The first-order chi connectivity index (χ1) is 11.6. The van der Waals surface area contributed by atoms with E-state index in [1.807, 2.05) is 0 Å². The van der Waals surface area contributed by atoms with Gasteiger partial charge in [0.05, 0.1) is 18.9 Å². The van der Waals surface area contributed by atoms with Crippen LogP contribution in [0.1, 0.15) is 26.4 Å². The predicted molar refractivity (Wildman–Crippen MR) is 81.9 cm³/mol. The first-order valence-corrected chi connectivity index (χ1v) is 6.97. The lowest BCUT2D eigenvalue weighted by molar-refractivity contribution is -0.124. The van der Waals surface area contributed by atoms with Gasteiger partial charge in [0.15, 0.2) is 12.3 Å². The smallest absolute Gasteiger partial charge is 0.359 e. The molecule has 0 atom stereocenters. The van der Waals surface area contributed by atoms with Gasteiger partial charge in [0, 0.05) is 18.9 Å². The van der Waals surface area contributed by atoms with E-state index in [1.165, 1.54) is 25.7 Å². The Morgan fingerprint density at radius 2 is 1.83 bits per heavy atom. The van der Waals surface area contributed by atoms with Crippen LogP contribution in [0, 0.1) is 0 Å². The molecular formula is C16H15N3O5. The van der Waals surface area contributed by atoms with Crippen molar-refractivity contribution in [3.8, 4) is 0 Å². The van der Waals surface area contributed by atoms with Crippen molar-refractivity contribution in [2.24, 2.45) is 0 Å². The number of hydrogen-bond acceptors (Lipinski definition) is 7. The van der Waals surface area contributed by atoms with Crippen LogP contribution in [-0.4, -0.2) is 41.5 Å². The minimum Gasteiger partial charge on any atom is -0.465 e. The topological polar surface area (TPSA) is 107 Å². The molecule has 0 aliphatic carbocycles. The van der Waals surface area contributed by atoms with Gasteiger partial charge in [-0.05, 0) is 17.7 Å². The summed E-state index contributed by atoms with van der Waals surface area (Å²) in [6.45, 7) is -0.182. The van der Waals surface area contributed by atoms with Crippen LogP contribution in [0.3, 0.4) is 0 Å². The van der Waals surface area contributed by atoms with Gasteiger partial charge in [0.2, 0.25) is 0 Å². The largest absolute Gasteiger partial charge is 0.465 e. The number of rotatable bonds is 6. The second-order valence-corrected chi connectivity index (χ2v) is 4.63. The average Bonchev–Trinajstić information content (AvgIpc) is 2.64. The summed E-state index contributed by atoms with van der Waals surface area (Å²) in [4.78, 5) is 42.1. The van der Waals surface area contributed by atoms with Crippen LogP contribution in [0.5, 0.6) is 0 Å². The molecule has 8 nitrogen and oxygen atoms in total. The molecule has 0 saturated carbocycles. The summed E-state index contributed by atoms with van der Waals surface area (Å²) in [5, 5.41) is 2.60. The van der Waals surface area contributed by atoms with Gasteiger partial charge in [-0.2, -0.15) is 0 Å². The molecule has 8 heteroatoms. The highest BCUT2D eigenvalue weighted by atomic mass is 16.5. The second-order valence-electron chi connectivity index (χ2n) is 4.63. The summed E-state index contributed by atoms with van der Waals surface area (Å²) < 4.78 is 9.43. The Morgan fingerprint density at radius 3 is 2.46 bits per heavy atom. The Kier molecular flexibility index (Phi) is 5.95. The van der Waals surface area contributed by atoms with Crippen LogP contribution in [0.2, 0.25) is 0 Å². The molecular weight excluding hydrogens is 314 g/mol. The van der Waals surface area contributed by atoms with Crippen molar-refractivity contribution >= 4 is 17.8 Å². The quantitative estimate of drug-likeness (QED) is 0.779. The maximum Gasteiger partial charge on any atom is 0.359 e. The fraction of sp³-hybridized carbons (Fsp3) is 0.188. The van der Waals surface area contributed by atoms with Crippen LogP contribution in [0.4, 0.5) is 0 Å². The summed E-state index contributed by atoms with van der Waals surface area (Å²) in [6, 6.07) is 6.58. The minimum absolute atomic E-state index is 0.0312. The summed E-state index contributed by atoms with van der Waals surface area (Å²) in [6.07, 6.45) is 4.03. The lowest BCUT2D eigenvalue weighted by Gasteiger charge is -2.07. The van der Waals surface area contributed by atoms with E-state index in [2.05, 4.69) is 20.0 Å². The van der Waals surface area contributed by atoms with E-state index in [1.54, 1.807) is 24.3 Å². The van der Waals surface area contributed by atoms with Crippen molar-refractivity contribution in [1.82, 2.24) is 15.3 Å². The summed E-state index contributed by atoms with van der Waals surface area (Å²) in [7, 11) is 1.30. The molecule has 2 rings (SSSR count). The number of nitrogens with zero attached hydrogens (tertiary/aromatic N) is 2. The van der Waals surface area contributed by atoms with E-state index in [0.717, 1.165) is 5.56 Å². The SMILES string of the molecule is COC(=O)c1ccc(CNC(=O)COC(=O)c2cnccn2)cc1. The highest BCUT2D eigenvalue weighted by Crippen LogP contribution is 2.05. The Morgan fingerprint density at radius 1 is 1.08 bits per heavy atom. The lowest BCUT2D eigenvalue weighted by Crippen LogP contribution is -2.28. The van der Waals surface area contributed by atoms with E-state index < -0.39 is 24.5 Å². The molecule has 0 unspecified atom stereocenters. The second kappa shape index (κ2) is 8.37. The standard InChI is InChI=1S/C16H15N3O5/c1-23-15(21)12-4-2-11(3-5-12)8-19-14(20)10-24-16(22)13-9-17-6-7-18-13/h2-7,9H,8,10H2,1H3,(H,19,20). The number of amides is 1. The fourth-order valence-electron chi connectivity index (χ4n) is 1.74. The zero-order chi connectivity index (χ0) is 17.4. The van der Waals surface area contributed by atoms with Crippen LogP contribution < -0.4 is 5.32 Å². The maximum absolute atomic E-state index is 11.7. The van der Waals surface area contributed by atoms with Crippen LogP contribution in [-0.2, 0) is 20.8 Å². The van der Waals surface area contributed by atoms with Crippen molar-refractivity contribution in [2.45, 2.75) is 6.54 Å². The zero-order valence-corrected chi connectivity index (χ0v) is 12.9. The van der Waals surface area contributed by atoms with Crippen LogP contribution >= 0.6 is 0 Å². The first kappa shape index (κ1) is 17.1. The average molecular weight is 329 g/mol. The number of methoxy groups -OCH3 is 1. The molecule has 1 aromatic heterocycles. The van der Waals surface area contributed by atoms with E-state index >= 15 is 0 Å². The summed E-state index contributed by atoms with van der Waals surface area (Å²) in [5.74, 6) is -1.61. The monoisotopic (exact) mass is 329 g/mol. The number of carbonyl (C=O) groups is 3. The third-order valence-electron chi connectivity index (χ3n) is 2.97. The van der Waals surface area contributed by atoms with Gasteiger partial charge in [-0.1, -0.05) is 12.1 Å². The van der Waals surface area contributed by atoms with Gasteiger partial charge in [0.25, 0.3) is 5.91 Å². The molecule has 0 radical (unpaired) electrons. The van der Waals surface area contributed by atoms with E-state index in [4.69, 9.17) is 4.74 Å². The van der Waals surface area contributed by atoms with E-state index in [9.17, 15) is 14.4 Å². The Labute approximate surface area is 137 Å². The predicted octanol–water partition coefficient (Wildman–Crippen LogP) is 0.736. The van der Waals surface area contributed by atoms with Crippen LogP contribution in [0.15, 0.2) is 42.9 Å². The minimum atomic E-state index is -0.722. The fourth-order valence-corrected chi connectivity index (χ4v) is 1.74. The summed E-state index contributed by atoms with van der Waals surface area (Å²) >= 11 is 0. The lowest BCUT2D eigenvalue weighted by atomic mass is 10.1. The zero-order valence-electron chi connectivity index (χ0n) is 12.9. The molecule has 0 aliphatic heterocycles. The molecule has 1 aromatic carbocycles. The van der Waals surface area contributed by atoms with Crippen molar-refractivity contribution in [3.63, 3.8) is 0 Å². The van der Waals surface area contributed by atoms with Crippen LogP contribution in [0.25, 0.3) is 0 Å². The molecule has 1 amide bonds. The number of nitrogens with one attached hydrogen (secondary N) is 1. The van der Waals surface area contributed by atoms with E-state index in [0.29, 0.717) is 5.56 Å². The van der Waals surface area contributed by atoms with Crippen molar-refractivity contribution in [3.05, 3.63) is 59.7 Å². The molecule has 24 heavy (non-hydrogen) atoms. The van der Waals surface area contributed by atoms with Crippen molar-refractivity contribution in [2.75, 3.05) is 13.7 Å². The van der Waals surface area contributed by atoms with Crippen molar-refractivity contribution < 1.29 is 23.9 Å². The number of benzene rings is 1. The molecule has 0 fully saturated rings. The van der Waals surface area contributed by atoms with Gasteiger partial charge in [0.1, 0.15) is 0 Å². The van der Waals surface area contributed by atoms with Gasteiger partial charge in [-0.3, -0.25) is 9.78 Å². The summed E-state index contributed by atoms with van der Waals surface area (Å²) in [5.41, 5.74) is 1.24. The number of ether oxygens (including phenoxy) is 2. The molecule has 0 bridgehead atoms. The molecule has 0 saturated heterocycles. The molecule has 2 aromatic rings. The highest BCUT2D eigenvalue weighted by Gasteiger charge is 2.11. The molecule has 0 spiro atoms. The number of carbonyl (C=O) groups excluding carboxylic acids is 3. The first-order valence-electron chi connectivity index (χ1n) is 6.97. The molecule has 1 heterocycles. The molecule has 124 valence electrons.